The van der Waals surface area contributed by atoms with Gasteiger partial charge in [0, 0.05) is 37.6 Å². The van der Waals surface area contributed by atoms with Crippen molar-refractivity contribution in [2.24, 2.45) is 0 Å². The second-order valence-electron chi connectivity index (χ2n) is 6.40. The summed E-state index contributed by atoms with van der Waals surface area (Å²) in [4.78, 5) is 28.2. The van der Waals surface area contributed by atoms with E-state index in [0.29, 0.717) is 44.0 Å². The van der Waals surface area contributed by atoms with Gasteiger partial charge in [-0.15, -0.1) is 0 Å². The first-order valence-electron chi connectivity index (χ1n) is 8.71. The second kappa shape index (κ2) is 8.72. The fraction of sp³-hybridized carbons (Fsp3) is 0.300. The third kappa shape index (κ3) is 4.79. The summed E-state index contributed by atoms with van der Waals surface area (Å²) in [6.45, 7) is 1.57. The number of amides is 2. The van der Waals surface area contributed by atoms with Gasteiger partial charge in [0.2, 0.25) is 5.91 Å². The van der Waals surface area contributed by atoms with Gasteiger partial charge in [0.1, 0.15) is 5.82 Å². The molecule has 1 heterocycles. The Morgan fingerprint density at radius 1 is 0.926 bits per heavy atom. The molecule has 1 aliphatic heterocycles. The van der Waals surface area contributed by atoms with Crippen LogP contribution in [0.1, 0.15) is 22.3 Å². The molecule has 0 bridgehead atoms. The highest BCUT2D eigenvalue weighted by Crippen LogP contribution is 2.21. The SMILES string of the molecule is O=C(CCc1ccc(Cl)cc1)N1CCN(C(=O)c2c(F)cccc2Cl)CC1. The van der Waals surface area contributed by atoms with Gasteiger partial charge in [-0.1, -0.05) is 41.4 Å². The molecule has 2 aromatic carbocycles. The molecule has 0 spiro atoms. The number of carbonyl (C=O) groups excluding carboxylic acids is 2. The predicted octanol–water partition coefficient (Wildman–Crippen LogP) is 4.05. The molecule has 1 aliphatic rings. The third-order valence-corrected chi connectivity index (χ3v) is 5.20. The van der Waals surface area contributed by atoms with Gasteiger partial charge < -0.3 is 9.80 Å². The van der Waals surface area contributed by atoms with Crippen molar-refractivity contribution in [2.45, 2.75) is 12.8 Å². The van der Waals surface area contributed by atoms with Crippen LogP contribution in [0.2, 0.25) is 10.0 Å². The number of halogens is 3. The van der Waals surface area contributed by atoms with Crippen LogP contribution in [0.5, 0.6) is 0 Å². The Kier molecular flexibility index (Phi) is 6.34. The van der Waals surface area contributed by atoms with Crippen molar-refractivity contribution in [2.75, 3.05) is 26.2 Å². The number of piperazine rings is 1. The molecular formula is C20H19Cl2FN2O2. The van der Waals surface area contributed by atoms with Crippen molar-refractivity contribution in [3.05, 3.63) is 69.5 Å². The molecule has 0 N–H and O–H groups in total. The van der Waals surface area contributed by atoms with Gasteiger partial charge in [0.05, 0.1) is 10.6 Å². The number of rotatable bonds is 4. The van der Waals surface area contributed by atoms with Gasteiger partial charge in [-0.2, -0.15) is 0 Å². The van der Waals surface area contributed by atoms with Gasteiger partial charge in [0.25, 0.3) is 5.91 Å². The molecule has 2 aromatic rings. The Hall–Kier alpha value is -2.11. The number of aryl methyl sites for hydroxylation is 1. The molecule has 0 saturated carbocycles. The van der Waals surface area contributed by atoms with E-state index in [0.717, 1.165) is 5.56 Å². The van der Waals surface area contributed by atoms with E-state index in [-0.39, 0.29) is 16.5 Å². The molecule has 4 nitrogen and oxygen atoms in total. The van der Waals surface area contributed by atoms with E-state index < -0.39 is 11.7 Å². The van der Waals surface area contributed by atoms with Crippen molar-refractivity contribution in [1.29, 1.82) is 0 Å². The minimum atomic E-state index is -0.631. The number of carbonyl (C=O) groups is 2. The van der Waals surface area contributed by atoms with E-state index in [1.807, 2.05) is 12.1 Å². The number of nitrogens with zero attached hydrogens (tertiary/aromatic N) is 2. The van der Waals surface area contributed by atoms with Crippen LogP contribution in [0.3, 0.4) is 0 Å². The maximum absolute atomic E-state index is 13.9. The third-order valence-electron chi connectivity index (χ3n) is 4.64. The molecule has 0 radical (unpaired) electrons. The van der Waals surface area contributed by atoms with Crippen LogP contribution in [0.15, 0.2) is 42.5 Å². The van der Waals surface area contributed by atoms with E-state index in [1.165, 1.54) is 23.1 Å². The Bertz CT molecular complexity index is 814. The van der Waals surface area contributed by atoms with E-state index in [4.69, 9.17) is 23.2 Å². The summed E-state index contributed by atoms with van der Waals surface area (Å²) in [7, 11) is 0. The van der Waals surface area contributed by atoms with E-state index >= 15 is 0 Å². The summed E-state index contributed by atoms with van der Waals surface area (Å²) in [6, 6.07) is 11.6. The molecule has 0 aliphatic carbocycles. The summed E-state index contributed by atoms with van der Waals surface area (Å²) in [5, 5.41) is 0.766. The molecule has 0 aromatic heterocycles. The molecule has 7 heteroatoms. The Balaban J connectivity index is 1.53. The van der Waals surface area contributed by atoms with Crippen LogP contribution in [0.4, 0.5) is 4.39 Å². The molecule has 0 unspecified atom stereocenters. The number of benzene rings is 2. The molecule has 2 amide bonds. The normalized spacial score (nSPS) is 14.3. The lowest BCUT2D eigenvalue weighted by Gasteiger charge is -2.35. The first-order valence-corrected chi connectivity index (χ1v) is 9.47. The standard InChI is InChI=1S/C20H19Cl2FN2O2/c21-15-7-4-14(5-8-15)6-9-18(26)24-10-12-25(13-11-24)20(27)19-16(22)2-1-3-17(19)23/h1-5,7-8H,6,9-13H2. The maximum atomic E-state index is 13.9. The summed E-state index contributed by atoms with van der Waals surface area (Å²) in [6.07, 6.45) is 1.04. The van der Waals surface area contributed by atoms with Crippen molar-refractivity contribution in [1.82, 2.24) is 9.80 Å². The zero-order valence-corrected chi connectivity index (χ0v) is 16.1. The maximum Gasteiger partial charge on any atom is 0.258 e. The molecule has 1 saturated heterocycles. The Labute approximate surface area is 167 Å². The summed E-state index contributed by atoms with van der Waals surface area (Å²) in [5.41, 5.74) is 0.942. The van der Waals surface area contributed by atoms with Crippen molar-refractivity contribution in [3.8, 4) is 0 Å². The van der Waals surface area contributed by atoms with Crippen molar-refractivity contribution < 1.29 is 14.0 Å². The fourth-order valence-corrected chi connectivity index (χ4v) is 3.45. The van der Waals surface area contributed by atoms with Gasteiger partial charge in [0.15, 0.2) is 0 Å². The molecule has 27 heavy (non-hydrogen) atoms. The molecule has 142 valence electrons. The Morgan fingerprint density at radius 3 is 2.19 bits per heavy atom. The van der Waals surface area contributed by atoms with Crippen LogP contribution >= 0.6 is 23.2 Å². The van der Waals surface area contributed by atoms with Gasteiger partial charge in [-0.3, -0.25) is 9.59 Å². The zero-order chi connectivity index (χ0) is 19.4. The molecule has 0 atom stereocenters. The minimum Gasteiger partial charge on any atom is -0.339 e. The average molecular weight is 409 g/mol. The van der Waals surface area contributed by atoms with Crippen LogP contribution in [-0.2, 0) is 11.2 Å². The lowest BCUT2D eigenvalue weighted by atomic mass is 10.1. The van der Waals surface area contributed by atoms with Gasteiger partial charge >= 0.3 is 0 Å². The quantitative estimate of drug-likeness (QED) is 0.765. The monoisotopic (exact) mass is 408 g/mol. The second-order valence-corrected chi connectivity index (χ2v) is 7.24. The number of hydrogen-bond acceptors (Lipinski definition) is 2. The van der Waals surface area contributed by atoms with E-state index in [2.05, 4.69) is 0 Å². The Morgan fingerprint density at radius 2 is 1.56 bits per heavy atom. The molecule has 3 rings (SSSR count). The summed E-state index contributed by atoms with van der Waals surface area (Å²) >= 11 is 11.8. The van der Waals surface area contributed by atoms with Crippen LogP contribution < -0.4 is 0 Å². The van der Waals surface area contributed by atoms with Gasteiger partial charge in [-0.25, -0.2) is 4.39 Å². The highest BCUT2D eigenvalue weighted by molar-refractivity contribution is 6.33. The molecular weight excluding hydrogens is 390 g/mol. The average Bonchev–Trinajstić information content (AvgIpc) is 2.67. The van der Waals surface area contributed by atoms with Crippen molar-refractivity contribution in [3.63, 3.8) is 0 Å². The van der Waals surface area contributed by atoms with Gasteiger partial charge in [-0.05, 0) is 36.2 Å². The van der Waals surface area contributed by atoms with Crippen LogP contribution in [0.25, 0.3) is 0 Å². The lowest BCUT2D eigenvalue weighted by molar-refractivity contribution is -0.132. The fourth-order valence-electron chi connectivity index (χ4n) is 3.08. The van der Waals surface area contributed by atoms with E-state index in [1.54, 1.807) is 17.0 Å². The first-order chi connectivity index (χ1) is 13.0. The van der Waals surface area contributed by atoms with Crippen LogP contribution in [-0.4, -0.2) is 47.8 Å². The largest absolute Gasteiger partial charge is 0.339 e. The molecule has 1 fully saturated rings. The predicted molar refractivity (Wildman–Crippen MR) is 104 cm³/mol. The minimum absolute atomic E-state index is 0.0426. The van der Waals surface area contributed by atoms with Crippen molar-refractivity contribution >= 4 is 35.0 Å². The first kappa shape index (κ1) is 19.6. The summed E-state index contributed by atoms with van der Waals surface area (Å²) < 4.78 is 13.9. The smallest absolute Gasteiger partial charge is 0.258 e. The van der Waals surface area contributed by atoms with E-state index in [9.17, 15) is 14.0 Å². The lowest BCUT2D eigenvalue weighted by Crippen LogP contribution is -2.50. The highest BCUT2D eigenvalue weighted by atomic mass is 35.5. The van der Waals surface area contributed by atoms with Crippen LogP contribution in [0, 0.1) is 5.82 Å². The number of hydrogen-bond donors (Lipinski definition) is 0. The topological polar surface area (TPSA) is 40.6 Å². The summed E-state index contributed by atoms with van der Waals surface area (Å²) in [5.74, 6) is -1.03. The zero-order valence-electron chi connectivity index (χ0n) is 14.6. The highest BCUT2D eigenvalue weighted by Gasteiger charge is 2.27.